The molecule has 0 aliphatic carbocycles. The number of anilines is 2. The third kappa shape index (κ3) is 4.73. The Bertz CT molecular complexity index is 1320. The molecule has 1 aliphatic rings. The van der Waals surface area contributed by atoms with Gasteiger partial charge in [0.15, 0.2) is 0 Å². The summed E-state index contributed by atoms with van der Waals surface area (Å²) in [6, 6.07) is 17.7. The van der Waals surface area contributed by atoms with Crippen LogP contribution in [-0.4, -0.2) is 17.8 Å². The number of benzene rings is 3. The molecule has 1 aliphatic heterocycles. The third-order valence-electron chi connectivity index (χ3n) is 4.77. The first kappa shape index (κ1) is 22.9. The molecule has 0 atom stereocenters. The van der Waals surface area contributed by atoms with Crippen LogP contribution in [0.5, 0.6) is 5.75 Å². The van der Waals surface area contributed by atoms with Gasteiger partial charge in [-0.25, -0.2) is 9.69 Å². The minimum atomic E-state index is -0.716. The number of hydrogen-bond donors (Lipinski definition) is 1. The summed E-state index contributed by atoms with van der Waals surface area (Å²) in [4.78, 5) is 38.8. The van der Waals surface area contributed by atoms with Gasteiger partial charge in [0.05, 0.1) is 16.3 Å². The normalized spacial score (nSPS) is 13.5. The van der Waals surface area contributed by atoms with Crippen LogP contribution in [0.3, 0.4) is 0 Å². The van der Waals surface area contributed by atoms with Crippen molar-refractivity contribution >= 4 is 64.0 Å². The molecule has 0 aromatic heterocycles. The van der Waals surface area contributed by atoms with Crippen molar-refractivity contribution in [1.82, 2.24) is 0 Å². The molecule has 9 heteroatoms. The number of nitrogens with zero attached hydrogens (tertiary/aromatic N) is 1. The van der Waals surface area contributed by atoms with Crippen molar-refractivity contribution in [3.05, 3.63) is 98.6 Å². The number of carbonyl (C=O) groups is 3. The standard InChI is InChI=1S/C24H15Cl3N2O4/c1-13-3-2-4-17(11-13)33-24(32)14-5-8-16(9-6-14)28-21-20(27)22(30)29(23(21)31)19-10-7-15(25)12-18(19)26/h2-12,28H,1H3. The zero-order chi connectivity index (χ0) is 23.7. The highest BCUT2D eigenvalue weighted by atomic mass is 35.5. The summed E-state index contributed by atoms with van der Waals surface area (Å²) < 4.78 is 5.37. The smallest absolute Gasteiger partial charge is 0.343 e. The van der Waals surface area contributed by atoms with Crippen molar-refractivity contribution in [2.45, 2.75) is 6.92 Å². The van der Waals surface area contributed by atoms with Crippen molar-refractivity contribution in [3.63, 3.8) is 0 Å². The van der Waals surface area contributed by atoms with Gasteiger partial charge in [-0.2, -0.15) is 0 Å². The number of amides is 2. The van der Waals surface area contributed by atoms with Gasteiger partial charge < -0.3 is 10.1 Å². The summed E-state index contributed by atoms with van der Waals surface area (Å²) in [5.74, 6) is -1.47. The largest absolute Gasteiger partial charge is 0.423 e. The molecule has 2 amide bonds. The molecule has 0 fully saturated rings. The van der Waals surface area contributed by atoms with Gasteiger partial charge in [-0.3, -0.25) is 9.59 Å². The van der Waals surface area contributed by atoms with Crippen LogP contribution in [0.4, 0.5) is 11.4 Å². The molecule has 0 saturated carbocycles. The maximum Gasteiger partial charge on any atom is 0.343 e. The zero-order valence-electron chi connectivity index (χ0n) is 17.1. The molecule has 166 valence electrons. The molecule has 0 spiro atoms. The molecule has 0 bridgehead atoms. The lowest BCUT2D eigenvalue weighted by molar-refractivity contribution is -0.120. The van der Waals surface area contributed by atoms with Crippen LogP contribution in [0.25, 0.3) is 0 Å². The first-order valence-electron chi connectivity index (χ1n) is 9.64. The minimum absolute atomic E-state index is 0.109. The molecule has 3 aromatic carbocycles. The van der Waals surface area contributed by atoms with Crippen molar-refractivity contribution in [2.75, 3.05) is 10.2 Å². The van der Waals surface area contributed by atoms with Gasteiger partial charge in [0.1, 0.15) is 16.5 Å². The molecule has 33 heavy (non-hydrogen) atoms. The summed E-state index contributed by atoms with van der Waals surface area (Å²) in [6.07, 6.45) is 0. The van der Waals surface area contributed by atoms with Crippen LogP contribution >= 0.6 is 34.8 Å². The minimum Gasteiger partial charge on any atom is -0.423 e. The van der Waals surface area contributed by atoms with E-state index in [1.165, 1.54) is 30.3 Å². The average molecular weight is 502 g/mol. The lowest BCUT2D eigenvalue weighted by atomic mass is 10.2. The quantitative estimate of drug-likeness (QED) is 0.265. The second kappa shape index (κ2) is 9.27. The summed E-state index contributed by atoms with van der Waals surface area (Å²) in [6.45, 7) is 1.90. The van der Waals surface area contributed by atoms with Gasteiger partial charge in [0, 0.05) is 10.7 Å². The van der Waals surface area contributed by atoms with E-state index in [9.17, 15) is 14.4 Å². The SMILES string of the molecule is Cc1cccc(OC(=O)c2ccc(NC3=C(Cl)C(=O)N(c4ccc(Cl)cc4Cl)C3=O)cc2)c1. The highest BCUT2D eigenvalue weighted by Crippen LogP contribution is 2.35. The number of rotatable bonds is 5. The Labute approximate surface area is 204 Å². The number of esters is 1. The molecule has 1 N–H and O–H groups in total. The fourth-order valence-corrected chi connectivity index (χ4v) is 3.88. The first-order valence-corrected chi connectivity index (χ1v) is 10.8. The number of carbonyl (C=O) groups excluding carboxylic acids is 3. The fraction of sp³-hybridized carbons (Fsp3) is 0.0417. The molecule has 3 aromatic rings. The Kier molecular flexibility index (Phi) is 6.42. The average Bonchev–Trinajstić information content (AvgIpc) is 2.98. The summed E-state index contributed by atoms with van der Waals surface area (Å²) in [7, 11) is 0. The Morgan fingerprint density at radius 2 is 1.64 bits per heavy atom. The number of ether oxygens (including phenoxy) is 1. The molecule has 6 nitrogen and oxygen atoms in total. The van der Waals surface area contributed by atoms with E-state index in [1.807, 2.05) is 13.0 Å². The van der Waals surface area contributed by atoms with E-state index in [1.54, 1.807) is 30.3 Å². The summed E-state index contributed by atoms with van der Waals surface area (Å²) in [5.41, 5.74) is 1.78. The first-order chi connectivity index (χ1) is 15.7. The maximum atomic E-state index is 12.9. The molecular weight excluding hydrogens is 487 g/mol. The van der Waals surface area contributed by atoms with Gasteiger partial charge in [-0.05, 0) is 67.1 Å². The number of halogens is 3. The van der Waals surface area contributed by atoms with E-state index in [0.29, 0.717) is 22.0 Å². The van der Waals surface area contributed by atoms with E-state index in [2.05, 4.69) is 5.32 Å². The predicted octanol–water partition coefficient (Wildman–Crippen LogP) is 5.96. The molecule has 4 rings (SSSR count). The number of imide groups is 1. The van der Waals surface area contributed by atoms with Gasteiger partial charge in [-0.1, -0.05) is 46.9 Å². The summed E-state index contributed by atoms with van der Waals surface area (Å²) in [5, 5.41) is 3.05. The van der Waals surface area contributed by atoms with E-state index >= 15 is 0 Å². The third-order valence-corrected chi connectivity index (χ3v) is 5.66. The number of aryl methyl sites for hydroxylation is 1. The Morgan fingerprint density at radius 3 is 2.30 bits per heavy atom. The second-order valence-corrected chi connectivity index (χ2v) is 8.36. The van der Waals surface area contributed by atoms with Crippen molar-refractivity contribution in [1.29, 1.82) is 0 Å². The molecule has 0 saturated heterocycles. The van der Waals surface area contributed by atoms with Crippen LogP contribution in [0.15, 0.2) is 77.5 Å². The van der Waals surface area contributed by atoms with Gasteiger partial charge in [-0.15, -0.1) is 0 Å². The van der Waals surface area contributed by atoms with Gasteiger partial charge in [0.2, 0.25) is 0 Å². The van der Waals surface area contributed by atoms with E-state index in [-0.39, 0.29) is 21.4 Å². The van der Waals surface area contributed by atoms with Crippen LogP contribution in [0.2, 0.25) is 10.0 Å². The highest BCUT2D eigenvalue weighted by molar-refractivity contribution is 6.53. The zero-order valence-corrected chi connectivity index (χ0v) is 19.3. The van der Waals surface area contributed by atoms with Crippen LogP contribution in [-0.2, 0) is 9.59 Å². The summed E-state index contributed by atoms with van der Waals surface area (Å²) >= 11 is 18.2. The van der Waals surface area contributed by atoms with Crippen LogP contribution in [0.1, 0.15) is 15.9 Å². The highest BCUT2D eigenvalue weighted by Gasteiger charge is 2.39. The molecule has 0 radical (unpaired) electrons. The Hall–Kier alpha value is -3.32. The maximum absolute atomic E-state index is 12.9. The number of nitrogens with one attached hydrogen (secondary N) is 1. The van der Waals surface area contributed by atoms with Gasteiger partial charge in [0.25, 0.3) is 11.8 Å². The van der Waals surface area contributed by atoms with Crippen molar-refractivity contribution < 1.29 is 19.1 Å². The number of hydrogen-bond acceptors (Lipinski definition) is 5. The second-order valence-electron chi connectivity index (χ2n) is 7.14. The Morgan fingerprint density at radius 1 is 0.909 bits per heavy atom. The Balaban J connectivity index is 1.50. The molecular formula is C24H15Cl3N2O4. The van der Waals surface area contributed by atoms with Gasteiger partial charge >= 0.3 is 5.97 Å². The topological polar surface area (TPSA) is 75.7 Å². The van der Waals surface area contributed by atoms with Crippen LogP contribution < -0.4 is 15.0 Å². The molecule has 1 heterocycles. The monoisotopic (exact) mass is 500 g/mol. The van der Waals surface area contributed by atoms with E-state index < -0.39 is 17.8 Å². The fourth-order valence-electron chi connectivity index (χ4n) is 3.17. The van der Waals surface area contributed by atoms with Crippen molar-refractivity contribution in [3.8, 4) is 5.75 Å². The van der Waals surface area contributed by atoms with Crippen molar-refractivity contribution in [2.24, 2.45) is 0 Å². The molecule has 0 unspecified atom stereocenters. The van der Waals surface area contributed by atoms with E-state index in [4.69, 9.17) is 39.5 Å². The van der Waals surface area contributed by atoms with Crippen LogP contribution in [0, 0.1) is 6.92 Å². The lowest BCUT2D eigenvalue weighted by Gasteiger charge is -2.16. The predicted molar refractivity (Wildman–Crippen MR) is 128 cm³/mol. The lowest BCUT2D eigenvalue weighted by Crippen LogP contribution is -2.32. The van der Waals surface area contributed by atoms with E-state index in [0.717, 1.165) is 10.5 Å².